The molecular formula is C19H15O. The standard InChI is InChI=1S/C19H15O/c1-20-19-13-12-17(15-8-4-2-5-9-15)14-18(19)16-10-6-3-7-11-16/h2-14H,1H2. The highest BCUT2D eigenvalue weighted by molar-refractivity contribution is 5.77. The molecule has 0 fully saturated rings. The normalized spacial score (nSPS) is 10.2. The molecular weight excluding hydrogens is 244 g/mol. The molecule has 1 radical (unpaired) electrons. The van der Waals surface area contributed by atoms with Gasteiger partial charge in [-0.3, -0.25) is 0 Å². The first-order valence-electron chi connectivity index (χ1n) is 6.55. The van der Waals surface area contributed by atoms with E-state index in [9.17, 15) is 0 Å². The molecule has 0 heterocycles. The molecule has 0 aliphatic carbocycles. The summed E-state index contributed by atoms with van der Waals surface area (Å²) < 4.78 is 5.24. The van der Waals surface area contributed by atoms with Crippen molar-refractivity contribution in [2.45, 2.75) is 0 Å². The van der Waals surface area contributed by atoms with Gasteiger partial charge in [0.1, 0.15) is 12.9 Å². The van der Waals surface area contributed by atoms with Crippen molar-refractivity contribution in [2.75, 3.05) is 0 Å². The van der Waals surface area contributed by atoms with Gasteiger partial charge in [-0.25, -0.2) is 0 Å². The van der Waals surface area contributed by atoms with Gasteiger partial charge in [-0.15, -0.1) is 0 Å². The van der Waals surface area contributed by atoms with Crippen LogP contribution in [0.2, 0.25) is 0 Å². The van der Waals surface area contributed by atoms with E-state index in [4.69, 9.17) is 4.74 Å². The third kappa shape index (κ3) is 2.43. The van der Waals surface area contributed by atoms with Crippen LogP contribution in [0.25, 0.3) is 22.3 Å². The van der Waals surface area contributed by atoms with Crippen molar-refractivity contribution in [3.8, 4) is 28.0 Å². The molecule has 0 saturated carbocycles. The van der Waals surface area contributed by atoms with E-state index >= 15 is 0 Å². The Morgan fingerprint density at radius 2 is 1.20 bits per heavy atom. The lowest BCUT2D eigenvalue weighted by atomic mass is 9.98. The Labute approximate surface area is 119 Å². The summed E-state index contributed by atoms with van der Waals surface area (Å²) in [5, 5.41) is 0. The predicted molar refractivity (Wildman–Crippen MR) is 83.3 cm³/mol. The van der Waals surface area contributed by atoms with Crippen LogP contribution in [0.3, 0.4) is 0 Å². The first-order chi connectivity index (χ1) is 9.88. The van der Waals surface area contributed by atoms with Gasteiger partial charge in [0.25, 0.3) is 0 Å². The second kappa shape index (κ2) is 5.62. The molecule has 3 aromatic rings. The van der Waals surface area contributed by atoms with Crippen LogP contribution in [-0.2, 0) is 0 Å². The monoisotopic (exact) mass is 259 g/mol. The van der Waals surface area contributed by atoms with Gasteiger partial charge in [0.2, 0.25) is 0 Å². The zero-order chi connectivity index (χ0) is 13.8. The van der Waals surface area contributed by atoms with E-state index in [2.05, 4.69) is 43.5 Å². The van der Waals surface area contributed by atoms with Crippen molar-refractivity contribution in [1.82, 2.24) is 0 Å². The summed E-state index contributed by atoms with van der Waals surface area (Å²) in [6, 6.07) is 26.7. The summed E-state index contributed by atoms with van der Waals surface area (Å²) in [6.45, 7) is 0. The fourth-order valence-electron chi connectivity index (χ4n) is 2.31. The zero-order valence-corrected chi connectivity index (χ0v) is 11.1. The largest absolute Gasteiger partial charge is 0.489 e. The molecule has 0 saturated heterocycles. The summed E-state index contributed by atoms with van der Waals surface area (Å²) in [4.78, 5) is 0. The van der Waals surface area contributed by atoms with Crippen LogP contribution in [0.15, 0.2) is 78.9 Å². The quantitative estimate of drug-likeness (QED) is 0.629. The van der Waals surface area contributed by atoms with Gasteiger partial charge in [-0.2, -0.15) is 0 Å². The summed E-state index contributed by atoms with van der Waals surface area (Å²) in [7, 11) is 3.54. The van der Waals surface area contributed by atoms with Crippen LogP contribution < -0.4 is 4.74 Å². The number of hydrogen-bond acceptors (Lipinski definition) is 1. The molecule has 0 aliphatic rings. The second-order valence-corrected chi connectivity index (χ2v) is 4.59. The van der Waals surface area contributed by atoms with Crippen molar-refractivity contribution in [2.24, 2.45) is 0 Å². The smallest absolute Gasteiger partial charge is 0.127 e. The molecule has 0 unspecified atom stereocenters. The Bertz CT molecular complexity index is 687. The lowest BCUT2D eigenvalue weighted by molar-refractivity contribution is 0.475. The second-order valence-electron chi connectivity index (χ2n) is 4.59. The van der Waals surface area contributed by atoms with Gasteiger partial charge in [-0.1, -0.05) is 66.7 Å². The molecule has 1 heteroatoms. The SMILES string of the molecule is [CH2]Oc1ccc(-c2ccccc2)cc1-c1ccccc1. The maximum Gasteiger partial charge on any atom is 0.127 e. The van der Waals surface area contributed by atoms with Crippen molar-refractivity contribution in [3.05, 3.63) is 86.0 Å². The van der Waals surface area contributed by atoms with Gasteiger partial charge >= 0.3 is 0 Å². The maximum absolute atomic E-state index is 5.24. The molecule has 20 heavy (non-hydrogen) atoms. The van der Waals surface area contributed by atoms with Crippen molar-refractivity contribution in [3.63, 3.8) is 0 Å². The lowest BCUT2D eigenvalue weighted by Gasteiger charge is -2.11. The van der Waals surface area contributed by atoms with Gasteiger partial charge in [0.05, 0.1) is 0 Å². The molecule has 0 spiro atoms. The number of benzene rings is 3. The van der Waals surface area contributed by atoms with Crippen LogP contribution in [0.4, 0.5) is 0 Å². The average molecular weight is 259 g/mol. The van der Waals surface area contributed by atoms with Crippen molar-refractivity contribution >= 4 is 0 Å². The van der Waals surface area contributed by atoms with E-state index in [1.165, 1.54) is 11.1 Å². The number of ether oxygens (including phenoxy) is 1. The topological polar surface area (TPSA) is 9.23 Å². The van der Waals surface area contributed by atoms with Crippen LogP contribution in [0.5, 0.6) is 5.75 Å². The first kappa shape index (κ1) is 12.5. The number of rotatable bonds is 3. The Kier molecular flexibility index (Phi) is 3.51. The van der Waals surface area contributed by atoms with E-state index in [1.807, 2.05) is 42.5 Å². The Balaban J connectivity index is 2.13. The van der Waals surface area contributed by atoms with Crippen LogP contribution >= 0.6 is 0 Å². The van der Waals surface area contributed by atoms with E-state index in [0.717, 1.165) is 16.9 Å². The highest BCUT2D eigenvalue weighted by Gasteiger charge is 2.07. The molecule has 0 bridgehead atoms. The fourth-order valence-corrected chi connectivity index (χ4v) is 2.31. The van der Waals surface area contributed by atoms with E-state index < -0.39 is 0 Å². The summed E-state index contributed by atoms with van der Waals surface area (Å²) in [6.07, 6.45) is 0. The van der Waals surface area contributed by atoms with E-state index in [0.29, 0.717) is 0 Å². The van der Waals surface area contributed by atoms with Gasteiger partial charge in [0.15, 0.2) is 0 Å². The minimum absolute atomic E-state index is 0.788. The summed E-state index contributed by atoms with van der Waals surface area (Å²) in [5.41, 5.74) is 4.55. The summed E-state index contributed by atoms with van der Waals surface area (Å²) >= 11 is 0. The highest BCUT2D eigenvalue weighted by Crippen LogP contribution is 2.34. The zero-order valence-electron chi connectivity index (χ0n) is 11.1. The minimum Gasteiger partial charge on any atom is -0.489 e. The molecule has 3 aromatic carbocycles. The van der Waals surface area contributed by atoms with Crippen LogP contribution in [0, 0.1) is 7.11 Å². The summed E-state index contributed by atoms with van der Waals surface area (Å²) in [5.74, 6) is 0.788. The molecule has 0 atom stereocenters. The van der Waals surface area contributed by atoms with Crippen LogP contribution in [0.1, 0.15) is 0 Å². The maximum atomic E-state index is 5.24. The fraction of sp³-hybridized carbons (Fsp3) is 0. The van der Waals surface area contributed by atoms with Crippen molar-refractivity contribution in [1.29, 1.82) is 0 Å². The van der Waals surface area contributed by atoms with Crippen molar-refractivity contribution < 1.29 is 4.74 Å². The third-order valence-corrected chi connectivity index (χ3v) is 3.33. The predicted octanol–water partition coefficient (Wildman–Crippen LogP) is 5.19. The first-order valence-corrected chi connectivity index (χ1v) is 6.55. The average Bonchev–Trinajstić information content (AvgIpc) is 2.56. The van der Waals surface area contributed by atoms with Gasteiger partial charge in [-0.05, 0) is 28.8 Å². The number of hydrogen-bond donors (Lipinski definition) is 0. The molecule has 0 aromatic heterocycles. The van der Waals surface area contributed by atoms with Gasteiger partial charge < -0.3 is 4.74 Å². The minimum atomic E-state index is 0.788. The molecule has 3 rings (SSSR count). The van der Waals surface area contributed by atoms with Crippen LogP contribution in [-0.4, -0.2) is 0 Å². The van der Waals surface area contributed by atoms with E-state index in [-0.39, 0.29) is 0 Å². The third-order valence-electron chi connectivity index (χ3n) is 3.33. The Morgan fingerprint density at radius 3 is 1.80 bits per heavy atom. The molecule has 0 amide bonds. The molecule has 0 aliphatic heterocycles. The lowest BCUT2D eigenvalue weighted by Crippen LogP contribution is -1.87. The highest BCUT2D eigenvalue weighted by atomic mass is 16.5. The molecule has 0 N–H and O–H groups in total. The van der Waals surface area contributed by atoms with Gasteiger partial charge in [0, 0.05) is 5.56 Å². The van der Waals surface area contributed by atoms with E-state index in [1.54, 1.807) is 0 Å². The molecule has 1 nitrogen and oxygen atoms in total. The Hall–Kier alpha value is -2.54. The Morgan fingerprint density at radius 1 is 0.600 bits per heavy atom. The molecule has 97 valence electrons.